The minimum absolute atomic E-state index is 0.133. The molecule has 0 aliphatic rings. The Hall–Kier alpha value is -2.49. The maximum Gasteiger partial charge on any atom is 0.339 e. The van der Waals surface area contributed by atoms with Crippen LogP contribution in [0.3, 0.4) is 0 Å². The van der Waals surface area contributed by atoms with E-state index in [9.17, 15) is 4.79 Å². The Bertz CT molecular complexity index is 605. The Labute approximate surface area is 111 Å². The molecular weight excluding hydrogens is 244 g/mol. The highest BCUT2D eigenvalue weighted by molar-refractivity contribution is 5.91. The van der Waals surface area contributed by atoms with Crippen LogP contribution in [-0.4, -0.2) is 18.2 Å². The second kappa shape index (κ2) is 5.44. The molecule has 0 unspecified atom stereocenters. The van der Waals surface area contributed by atoms with E-state index in [0.29, 0.717) is 17.2 Å². The van der Waals surface area contributed by atoms with Crippen LogP contribution in [0, 0.1) is 6.92 Å². The van der Waals surface area contributed by atoms with Gasteiger partial charge in [-0.2, -0.15) is 0 Å². The van der Waals surface area contributed by atoms with Gasteiger partial charge in [0.2, 0.25) is 0 Å². The molecule has 0 spiro atoms. The summed E-state index contributed by atoms with van der Waals surface area (Å²) < 4.78 is 10.7. The monoisotopic (exact) mass is 258 g/mol. The zero-order valence-corrected chi connectivity index (χ0v) is 10.7. The largest absolute Gasteiger partial charge is 0.497 e. The number of ether oxygens (including phenoxy) is 2. The number of carboxylic acid groups (broad SMARTS) is 1. The molecule has 0 amide bonds. The van der Waals surface area contributed by atoms with E-state index in [1.807, 2.05) is 6.92 Å². The van der Waals surface area contributed by atoms with Gasteiger partial charge in [0.15, 0.2) is 0 Å². The molecular formula is C15H14O4. The normalized spacial score (nSPS) is 10.0. The number of aromatic carboxylic acids is 1. The van der Waals surface area contributed by atoms with Crippen LogP contribution < -0.4 is 9.47 Å². The molecule has 4 heteroatoms. The highest BCUT2D eigenvalue weighted by Crippen LogP contribution is 2.28. The van der Waals surface area contributed by atoms with Crippen molar-refractivity contribution in [2.75, 3.05) is 7.11 Å². The third-order valence-corrected chi connectivity index (χ3v) is 2.64. The van der Waals surface area contributed by atoms with Crippen LogP contribution in [0.15, 0.2) is 42.5 Å². The van der Waals surface area contributed by atoms with E-state index in [-0.39, 0.29) is 5.56 Å². The van der Waals surface area contributed by atoms with Crippen LogP contribution >= 0.6 is 0 Å². The van der Waals surface area contributed by atoms with Crippen molar-refractivity contribution >= 4 is 5.97 Å². The Morgan fingerprint density at radius 3 is 2.53 bits per heavy atom. The lowest BCUT2D eigenvalue weighted by Crippen LogP contribution is -2.00. The number of rotatable bonds is 4. The van der Waals surface area contributed by atoms with E-state index in [1.54, 1.807) is 43.5 Å². The van der Waals surface area contributed by atoms with Gasteiger partial charge in [-0.1, -0.05) is 12.1 Å². The summed E-state index contributed by atoms with van der Waals surface area (Å²) in [6, 6.07) is 12.0. The van der Waals surface area contributed by atoms with E-state index in [2.05, 4.69) is 0 Å². The summed E-state index contributed by atoms with van der Waals surface area (Å²) in [5, 5.41) is 9.13. The first kappa shape index (κ1) is 13.0. The first-order valence-electron chi connectivity index (χ1n) is 5.76. The van der Waals surface area contributed by atoms with Crippen molar-refractivity contribution in [1.29, 1.82) is 0 Å². The van der Waals surface area contributed by atoms with E-state index in [1.165, 1.54) is 6.07 Å². The average molecular weight is 258 g/mol. The first-order valence-corrected chi connectivity index (χ1v) is 5.76. The molecule has 0 heterocycles. The number of carboxylic acids is 1. The molecule has 0 aromatic heterocycles. The molecule has 2 rings (SSSR count). The maximum atomic E-state index is 11.1. The minimum Gasteiger partial charge on any atom is -0.497 e. The second-order valence-corrected chi connectivity index (χ2v) is 4.09. The quantitative estimate of drug-likeness (QED) is 0.912. The van der Waals surface area contributed by atoms with E-state index >= 15 is 0 Å². The molecule has 0 saturated carbocycles. The predicted octanol–water partition coefficient (Wildman–Crippen LogP) is 3.49. The lowest BCUT2D eigenvalue weighted by molar-refractivity contribution is 0.0694. The fourth-order valence-electron chi connectivity index (χ4n) is 1.68. The van der Waals surface area contributed by atoms with Crippen LogP contribution in [0.1, 0.15) is 15.9 Å². The van der Waals surface area contributed by atoms with Crippen LogP contribution in [0.2, 0.25) is 0 Å². The van der Waals surface area contributed by atoms with Crippen molar-refractivity contribution in [3.63, 3.8) is 0 Å². The van der Waals surface area contributed by atoms with E-state index in [4.69, 9.17) is 14.6 Å². The molecule has 4 nitrogen and oxygen atoms in total. The molecule has 0 radical (unpaired) electrons. The van der Waals surface area contributed by atoms with Crippen molar-refractivity contribution in [2.24, 2.45) is 0 Å². The summed E-state index contributed by atoms with van der Waals surface area (Å²) in [5.41, 5.74) is 1.07. The number of benzene rings is 2. The van der Waals surface area contributed by atoms with Gasteiger partial charge < -0.3 is 14.6 Å². The van der Waals surface area contributed by atoms with Gasteiger partial charge in [0, 0.05) is 6.07 Å². The van der Waals surface area contributed by atoms with Crippen molar-refractivity contribution < 1.29 is 19.4 Å². The Morgan fingerprint density at radius 1 is 1.11 bits per heavy atom. The number of carbonyl (C=O) groups is 1. The summed E-state index contributed by atoms with van der Waals surface area (Å²) in [7, 11) is 1.56. The SMILES string of the molecule is COc1cccc(Oc2cc(C)ccc2C(=O)O)c1. The molecule has 2 aromatic carbocycles. The lowest BCUT2D eigenvalue weighted by Gasteiger charge is -2.10. The lowest BCUT2D eigenvalue weighted by atomic mass is 10.1. The van der Waals surface area contributed by atoms with Crippen LogP contribution in [0.4, 0.5) is 0 Å². The van der Waals surface area contributed by atoms with Crippen molar-refractivity contribution in [3.05, 3.63) is 53.6 Å². The van der Waals surface area contributed by atoms with Gasteiger partial charge in [0.05, 0.1) is 7.11 Å². The fourth-order valence-corrected chi connectivity index (χ4v) is 1.68. The van der Waals surface area contributed by atoms with Crippen molar-refractivity contribution in [2.45, 2.75) is 6.92 Å². The van der Waals surface area contributed by atoms with Crippen LogP contribution in [-0.2, 0) is 0 Å². The number of hydrogen-bond donors (Lipinski definition) is 1. The topological polar surface area (TPSA) is 55.8 Å². The van der Waals surface area contributed by atoms with Crippen molar-refractivity contribution in [3.8, 4) is 17.2 Å². The van der Waals surface area contributed by atoms with Gasteiger partial charge in [-0.3, -0.25) is 0 Å². The van der Waals surface area contributed by atoms with Gasteiger partial charge in [-0.25, -0.2) is 4.79 Å². The van der Waals surface area contributed by atoms with Gasteiger partial charge in [0.1, 0.15) is 22.8 Å². The molecule has 0 atom stereocenters. The number of aryl methyl sites for hydroxylation is 1. The number of methoxy groups -OCH3 is 1. The highest BCUT2D eigenvalue weighted by Gasteiger charge is 2.12. The summed E-state index contributed by atoms with van der Waals surface area (Å²) in [6.45, 7) is 1.88. The van der Waals surface area contributed by atoms with Gasteiger partial charge in [-0.15, -0.1) is 0 Å². The molecule has 0 bridgehead atoms. The van der Waals surface area contributed by atoms with Gasteiger partial charge in [-0.05, 0) is 36.8 Å². The number of hydrogen-bond acceptors (Lipinski definition) is 3. The molecule has 1 N–H and O–H groups in total. The summed E-state index contributed by atoms with van der Waals surface area (Å²) in [4.78, 5) is 11.1. The molecule has 0 fully saturated rings. The fraction of sp³-hybridized carbons (Fsp3) is 0.133. The standard InChI is InChI=1S/C15H14O4/c1-10-6-7-13(15(16)17)14(8-10)19-12-5-3-4-11(9-12)18-2/h3-9H,1-2H3,(H,16,17). The minimum atomic E-state index is -1.02. The average Bonchev–Trinajstić information content (AvgIpc) is 2.38. The second-order valence-electron chi connectivity index (χ2n) is 4.09. The molecule has 0 saturated heterocycles. The van der Waals surface area contributed by atoms with Crippen molar-refractivity contribution in [1.82, 2.24) is 0 Å². The van der Waals surface area contributed by atoms with Crippen LogP contribution in [0.25, 0.3) is 0 Å². The van der Waals surface area contributed by atoms with Gasteiger partial charge >= 0.3 is 5.97 Å². The zero-order valence-electron chi connectivity index (χ0n) is 10.7. The molecule has 0 aliphatic heterocycles. The third-order valence-electron chi connectivity index (χ3n) is 2.64. The summed E-state index contributed by atoms with van der Waals surface area (Å²) >= 11 is 0. The first-order chi connectivity index (χ1) is 9.10. The molecule has 0 aliphatic carbocycles. The van der Waals surface area contributed by atoms with Gasteiger partial charge in [0.25, 0.3) is 0 Å². The summed E-state index contributed by atoms with van der Waals surface area (Å²) in [5.74, 6) is 0.494. The van der Waals surface area contributed by atoms with Crippen LogP contribution in [0.5, 0.6) is 17.2 Å². The molecule has 2 aromatic rings. The Kier molecular flexibility index (Phi) is 3.71. The van der Waals surface area contributed by atoms with E-state index < -0.39 is 5.97 Å². The summed E-state index contributed by atoms with van der Waals surface area (Å²) in [6.07, 6.45) is 0. The maximum absolute atomic E-state index is 11.1. The molecule has 98 valence electrons. The smallest absolute Gasteiger partial charge is 0.339 e. The Balaban J connectivity index is 2.36. The molecule has 19 heavy (non-hydrogen) atoms. The third kappa shape index (κ3) is 3.04. The predicted molar refractivity (Wildman–Crippen MR) is 71.2 cm³/mol. The Morgan fingerprint density at radius 2 is 1.84 bits per heavy atom. The zero-order chi connectivity index (χ0) is 13.8. The van der Waals surface area contributed by atoms with E-state index in [0.717, 1.165) is 5.56 Å². The highest BCUT2D eigenvalue weighted by atomic mass is 16.5.